The van der Waals surface area contributed by atoms with Crippen molar-refractivity contribution in [1.29, 1.82) is 0 Å². The van der Waals surface area contributed by atoms with Crippen LogP contribution in [0.15, 0.2) is 33.9 Å². The highest BCUT2D eigenvalue weighted by molar-refractivity contribution is 6.06. The van der Waals surface area contributed by atoms with E-state index in [0.717, 1.165) is 27.6 Å². The minimum absolute atomic E-state index is 0.169. The van der Waals surface area contributed by atoms with Crippen molar-refractivity contribution in [3.8, 4) is 0 Å². The second kappa shape index (κ2) is 6.33. The van der Waals surface area contributed by atoms with Crippen molar-refractivity contribution in [1.82, 2.24) is 13.7 Å². The van der Waals surface area contributed by atoms with Gasteiger partial charge in [-0.05, 0) is 44.5 Å². The van der Waals surface area contributed by atoms with Gasteiger partial charge in [0.25, 0.3) is 11.5 Å². The molecule has 3 aromatic rings. The van der Waals surface area contributed by atoms with Crippen LogP contribution in [-0.4, -0.2) is 19.6 Å². The van der Waals surface area contributed by atoms with Crippen molar-refractivity contribution in [3.05, 3.63) is 61.9 Å². The molecule has 0 unspecified atom stereocenters. The van der Waals surface area contributed by atoms with Crippen LogP contribution in [0.3, 0.4) is 0 Å². The number of anilines is 1. The Morgan fingerprint density at radius 3 is 2.42 bits per heavy atom. The van der Waals surface area contributed by atoms with Crippen LogP contribution in [0, 0.1) is 13.8 Å². The summed E-state index contributed by atoms with van der Waals surface area (Å²) in [6.45, 7) is 7.05. The minimum Gasteiger partial charge on any atom is -0.345 e. The average Bonchev–Trinajstić information content (AvgIpc) is 2.87. The molecule has 0 aliphatic heterocycles. The van der Waals surface area contributed by atoms with Gasteiger partial charge in [0, 0.05) is 48.9 Å². The number of nitrogens with one attached hydrogen (secondary N) is 1. The number of aryl methyl sites for hydroxylation is 2. The van der Waals surface area contributed by atoms with E-state index in [1.807, 2.05) is 19.1 Å². The van der Waals surface area contributed by atoms with E-state index in [1.54, 1.807) is 6.07 Å². The molecule has 0 radical (unpaired) electrons. The molecule has 2 heterocycles. The number of hydrogen-bond acceptors (Lipinski definition) is 3. The molecule has 3 rings (SSSR count). The third-order valence-corrected chi connectivity index (χ3v) is 4.98. The molecule has 0 aliphatic rings. The molecule has 1 aromatic carbocycles. The van der Waals surface area contributed by atoms with E-state index in [0.29, 0.717) is 5.56 Å². The molecule has 2 aromatic heterocycles. The second-order valence-corrected chi connectivity index (χ2v) is 6.41. The molecule has 7 nitrogen and oxygen atoms in total. The smallest absolute Gasteiger partial charge is 0.332 e. The molecule has 0 atom stereocenters. The Bertz CT molecular complexity index is 1150. The van der Waals surface area contributed by atoms with Crippen LogP contribution in [0.25, 0.3) is 10.9 Å². The fourth-order valence-corrected chi connectivity index (χ4v) is 3.24. The standard InChI is InChI=1S/C19H22N4O3/c1-6-23-12(3)11(2)14-9-13(7-8-15(14)23)18(25)20-16-10-17(24)22(5)19(26)21(16)4/h7-10H,6H2,1-5H3,(H,20,25). The normalized spacial score (nSPS) is 11.1. The molecule has 0 saturated carbocycles. The zero-order valence-electron chi connectivity index (χ0n) is 15.6. The first-order chi connectivity index (χ1) is 12.3. The number of benzene rings is 1. The lowest BCUT2D eigenvalue weighted by Crippen LogP contribution is -2.38. The van der Waals surface area contributed by atoms with Gasteiger partial charge in [0.2, 0.25) is 0 Å². The highest BCUT2D eigenvalue weighted by atomic mass is 16.2. The maximum atomic E-state index is 12.6. The lowest BCUT2D eigenvalue weighted by molar-refractivity contribution is 0.102. The third-order valence-electron chi connectivity index (χ3n) is 4.98. The van der Waals surface area contributed by atoms with Gasteiger partial charge < -0.3 is 9.88 Å². The summed E-state index contributed by atoms with van der Waals surface area (Å²) in [6, 6.07) is 6.76. The molecule has 0 fully saturated rings. The quantitative estimate of drug-likeness (QED) is 0.781. The van der Waals surface area contributed by atoms with Gasteiger partial charge in [0.15, 0.2) is 0 Å². The van der Waals surface area contributed by atoms with Crippen LogP contribution < -0.4 is 16.6 Å². The largest absolute Gasteiger partial charge is 0.345 e. The number of hydrogen-bond donors (Lipinski definition) is 1. The maximum absolute atomic E-state index is 12.6. The fourth-order valence-electron chi connectivity index (χ4n) is 3.24. The highest BCUT2D eigenvalue weighted by Gasteiger charge is 2.15. The molecule has 1 N–H and O–H groups in total. The van der Waals surface area contributed by atoms with E-state index >= 15 is 0 Å². The molecule has 26 heavy (non-hydrogen) atoms. The number of aromatic nitrogens is 3. The number of carbonyl (C=O) groups excluding carboxylic acids is 1. The molecule has 136 valence electrons. The predicted octanol–water partition coefficient (Wildman–Crippen LogP) is 1.93. The Balaban J connectivity index is 2.03. The number of carbonyl (C=O) groups is 1. The number of rotatable bonds is 3. The molecule has 0 bridgehead atoms. The van der Waals surface area contributed by atoms with Crippen LogP contribution in [0.2, 0.25) is 0 Å². The molecule has 7 heteroatoms. The summed E-state index contributed by atoms with van der Waals surface area (Å²) in [5.74, 6) is -0.196. The Hall–Kier alpha value is -3.09. The number of fused-ring (bicyclic) bond motifs is 1. The fraction of sp³-hybridized carbons (Fsp3) is 0.316. The van der Waals surface area contributed by atoms with E-state index in [9.17, 15) is 14.4 Å². The zero-order chi connectivity index (χ0) is 19.2. The average molecular weight is 354 g/mol. The van der Waals surface area contributed by atoms with Gasteiger partial charge in [0.05, 0.1) is 0 Å². The van der Waals surface area contributed by atoms with E-state index in [4.69, 9.17) is 0 Å². The van der Waals surface area contributed by atoms with Crippen molar-refractivity contribution in [2.24, 2.45) is 14.1 Å². The third kappa shape index (κ3) is 2.65. The van der Waals surface area contributed by atoms with Crippen molar-refractivity contribution in [2.75, 3.05) is 5.32 Å². The maximum Gasteiger partial charge on any atom is 0.332 e. The molecule has 0 saturated heterocycles. The first kappa shape index (κ1) is 17.7. The van der Waals surface area contributed by atoms with Crippen molar-refractivity contribution in [2.45, 2.75) is 27.3 Å². The lowest BCUT2D eigenvalue weighted by atomic mass is 10.1. The van der Waals surface area contributed by atoms with Crippen LogP contribution in [0.4, 0.5) is 5.82 Å². The predicted molar refractivity (Wildman–Crippen MR) is 102 cm³/mol. The minimum atomic E-state index is -0.491. The van der Waals surface area contributed by atoms with Gasteiger partial charge >= 0.3 is 5.69 Å². The van der Waals surface area contributed by atoms with E-state index in [1.165, 1.54) is 30.4 Å². The Morgan fingerprint density at radius 1 is 1.08 bits per heavy atom. The Morgan fingerprint density at radius 2 is 1.77 bits per heavy atom. The topological polar surface area (TPSA) is 78.0 Å². The van der Waals surface area contributed by atoms with Crippen LogP contribution in [-0.2, 0) is 20.6 Å². The number of amides is 1. The van der Waals surface area contributed by atoms with Crippen LogP contribution in [0.5, 0.6) is 0 Å². The van der Waals surface area contributed by atoms with Gasteiger partial charge in [-0.2, -0.15) is 0 Å². The summed E-state index contributed by atoms with van der Waals surface area (Å²) in [4.78, 5) is 36.5. The van der Waals surface area contributed by atoms with Gasteiger partial charge in [0.1, 0.15) is 5.82 Å². The Labute approximate surface area is 150 Å². The summed E-state index contributed by atoms with van der Waals surface area (Å²) in [6.07, 6.45) is 0. The molecular formula is C19H22N4O3. The summed E-state index contributed by atoms with van der Waals surface area (Å²) >= 11 is 0. The molecule has 0 spiro atoms. The van der Waals surface area contributed by atoms with Crippen molar-refractivity contribution >= 4 is 22.6 Å². The van der Waals surface area contributed by atoms with E-state index in [2.05, 4.69) is 23.7 Å². The van der Waals surface area contributed by atoms with Gasteiger partial charge in [-0.25, -0.2) is 4.79 Å². The summed E-state index contributed by atoms with van der Waals surface area (Å²) in [5.41, 5.74) is 2.91. The molecule has 1 amide bonds. The highest BCUT2D eigenvalue weighted by Crippen LogP contribution is 2.26. The van der Waals surface area contributed by atoms with Gasteiger partial charge in [-0.15, -0.1) is 0 Å². The lowest BCUT2D eigenvalue weighted by Gasteiger charge is -2.11. The van der Waals surface area contributed by atoms with Crippen molar-refractivity contribution in [3.63, 3.8) is 0 Å². The molecule has 0 aliphatic carbocycles. The van der Waals surface area contributed by atoms with E-state index in [-0.39, 0.29) is 11.7 Å². The number of nitrogens with zero attached hydrogens (tertiary/aromatic N) is 3. The first-order valence-corrected chi connectivity index (χ1v) is 8.44. The van der Waals surface area contributed by atoms with Gasteiger partial charge in [-0.3, -0.25) is 18.7 Å². The van der Waals surface area contributed by atoms with E-state index < -0.39 is 11.2 Å². The summed E-state index contributed by atoms with van der Waals surface area (Å²) < 4.78 is 4.43. The SMILES string of the molecule is CCn1c(C)c(C)c2cc(C(=O)Nc3cc(=O)n(C)c(=O)n3C)ccc21. The monoisotopic (exact) mass is 354 g/mol. The first-order valence-electron chi connectivity index (χ1n) is 8.44. The zero-order valence-corrected chi connectivity index (χ0v) is 15.6. The summed E-state index contributed by atoms with van der Waals surface area (Å²) in [7, 11) is 2.91. The Kier molecular flexibility index (Phi) is 4.31. The van der Waals surface area contributed by atoms with Crippen LogP contribution >= 0.6 is 0 Å². The molecular weight excluding hydrogens is 332 g/mol. The second-order valence-electron chi connectivity index (χ2n) is 6.41. The van der Waals surface area contributed by atoms with Crippen LogP contribution in [0.1, 0.15) is 28.5 Å². The summed E-state index contributed by atoms with van der Waals surface area (Å²) in [5, 5.41) is 3.68. The van der Waals surface area contributed by atoms with Crippen molar-refractivity contribution < 1.29 is 4.79 Å². The van der Waals surface area contributed by atoms with Gasteiger partial charge in [-0.1, -0.05) is 0 Å².